The molecule has 0 saturated heterocycles. The maximum absolute atomic E-state index is 8.49. The summed E-state index contributed by atoms with van der Waals surface area (Å²) in [7, 11) is -4.94. The first-order valence-electron chi connectivity index (χ1n) is 6.58. The molecule has 23 heavy (non-hydrogen) atoms. The molecular weight excluding hydrogens is 336 g/mol. The van der Waals surface area contributed by atoms with Gasteiger partial charge in [0.05, 0.1) is 0 Å². The molecule has 1 aromatic heterocycles. The Morgan fingerprint density at radius 1 is 0.609 bits per heavy atom. The second-order valence-corrected chi connectivity index (χ2v) is 6.20. The normalized spacial score (nSPS) is 10.6. The van der Waals surface area contributed by atoms with Crippen LogP contribution in [0.3, 0.4) is 0 Å². The molecule has 0 unspecified atom stereocenters. The maximum Gasteiger partial charge on any atom is 0.238 e. The molecule has 6 heteroatoms. The molecule has 0 radical (unpaired) electrons. The van der Waals surface area contributed by atoms with E-state index in [4.69, 9.17) is 18.6 Å². The van der Waals surface area contributed by atoms with E-state index in [2.05, 4.69) is 72.1 Å². The standard InChI is InChI=1S/C17H13S.ClHO4/c1-3-7-14(8-4-1)16-11-12-18-17(13-16)15-9-5-2-6-10-15;2-1(3,4)5/h1-13H;(H,2,3,4,5)/q+1;/p-1. The van der Waals surface area contributed by atoms with E-state index in [1.165, 1.54) is 21.6 Å². The van der Waals surface area contributed by atoms with Crippen molar-refractivity contribution in [2.45, 2.75) is 0 Å². The van der Waals surface area contributed by atoms with Crippen molar-refractivity contribution in [1.29, 1.82) is 0 Å². The van der Waals surface area contributed by atoms with E-state index >= 15 is 0 Å². The number of halogens is 1. The summed E-state index contributed by atoms with van der Waals surface area (Å²) in [5.74, 6) is 0. The fourth-order valence-corrected chi connectivity index (χ4v) is 2.80. The summed E-state index contributed by atoms with van der Waals surface area (Å²) in [5.41, 5.74) is 3.82. The molecule has 118 valence electrons. The predicted molar refractivity (Wildman–Crippen MR) is 79.6 cm³/mol. The fraction of sp³-hybridized carbons (Fsp3) is 0. The third-order valence-corrected chi connectivity index (χ3v) is 3.77. The Labute approximate surface area is 140 Å². The summed E-state index contributed by atoms with van der Waals surface area (Å²) < 4.78 is 34.0. The van der Waals surface area contributed by atoms with Crippen molar-refractivity contribution in [3.8, 4) is 21.6 Å². The summed E-state index contributed by atoms with van der Waals surface area (Å²) in [6.07, 6.45) is 0. The van der Waals surface area contributed by atoms with Gasteiger partial charge in [-0.1, -0.05) is 48.5 Å². The Kier molecular flexibility index (Phi) is 6.18. The van der Waals surface area contributed by atoms with Crippen molar-refractivity contribution in [2.75, 3.05) is 0 Å². The van der Waals surface area contributed by atoms with Gasteiger partial charge in [0.15, 0.2) is 5.38 Å². The maximum atomic E-state index is 8.49. The molecule has 3 aromatic rings. The van der Waals surface area contributed by atoms with Crippen LogP contribution >= 0.6 is 11.3 Å². The highest BCUT2D eigenvalue weighted by Gasteiger charge is 2.10. The van der Waals surface area contributed by atoms with E-state index in [0.717, 1.165) is 0 Å². The first-order chi connectivity index (χ1) is 10.9. The van der Waals surface area contributed by atoms with Crippen LogP contribution in [-0.2, 0) is 0 Å². The van der Waals surface area contributed by atoms with Gasteiger partial charge in [0.2, 0.25) is 16.2 Å². The molecule has 1 heterocycles. The average molecular weight is 349 g/mol. The highest BCUT2D eigenvalue weighted by Crippen LogP contribution is 2.29. The van der Waals surface area contributed by atoms with Gasteiger partial charge < -0.3 is 0 Å². The van der Waals surface area contributed by atoms with Crippen LogP contribution in [-0.4, -0.2) is 0 Å². The van der Waals surface area contributed by atoms with E-state index < -0.39 is 10.2 Å². The molecule has 0 aliphatic rings. The molecule has 0 aliphatic heterocycles. The molecule has 0 spiro atoms. The Hall–Kier alpha value is -1.86. The van der Waals surface area contributed by atoms with Gasteiger partial charge in [-0.2, -0.15) is 0 Å². The molecule has 0 amide bonds. The smallest absolute Gasteiger partial charge is 0.222 e. The zero-order valence-corrected chi connectivity index (χ0v) is 13.5. The number of hydrogen-bond donors (Lipinski definition) is 0. The van der Waals surface area contributed by atoms with Gasteiger partial charge in [0, 0.05) is 17.7 Å². The minimum absolute atomic E-state index is 1.27. The van der Waals surface area contributed by atoms with Crippen LogP contribution in [0.1, 0.15) is 0 Å². The van der Waals surface area contributed by atoms with Gasteiger partial charge >= 0.3 is 0 Å². The summed E-state index contributed by atoms with van der Waals surface area (Å²) >= 11 is 1.77. The molecule has 0 aliphatic carbocycles. The molecule has 0 bridgehead atoms. The first kappa shape index (κ1) is 17.5. The van der Waals surface area contributed by atoms with Gasteiger partial charge in [0.25, 0.3) is 0 Å². The topological polar surface area (TPSA) is 92.2 Å². The third-order valence-electron chi connectivity index (χ3n) is 2.89. The quantitative estimate of drug-likeness (QED) is 0.634. The van der Waals surface area contributed by atoms with E-state index in [-0.39, 0.29) is 0 Å². The second-order valence-electron chi connectivity index (χ2n) is 4.49. The van der Waals surface area contributed by atoms with E-state index in [0.29, 0.717) is 0 Å². The Balaban J connectivity index is 0.000000338. The second kappa shape index (κ2) is 8.12. The van der Waals surface area contributed by atoms with Crippen molar-refractivity contribution < 1.29 is 28.9 Å². The average Bonchev–Trinajstić information content (AvgIpc) is 2.55. The Morgan fingerprint density at radius 3 is 1.61 bits per heavy atom. The van der Waals surface area contributed by atoms with E-state index in [1.54, 1.807) is 11.3 Å². The number of benzene rings is 2. The van der Waals surface area contributed by atoms with Gasteiger partial charge in [-0.05, 0) is 23.3 Å². The highest BCUT2D eigenvalue weighted by atomic mass is 35.7. The summed E-state index contributed by atoms with van der Waals surface area (Å²) in [5, 5.41) is 2.16. The highest BCUT2D eigenvalue weighted by molar-refractivity contribution is 7.13. The Morgan fingerprint density at radius 2 is 1.09 bits per heavy atom. The van der Waals surface area contributed by atoms with Gasteiger partial charge in [0.1, 0.15) is 0 Å². The summed E-state index contributed by atoms with van der Waals surface area (Å²) in [4.78, 5) is 1.30. The molecule has 3 rings (SSSR count). The molecule has 0 atom stereocenters. The lowest BCUT2D eigenvalue weighted by atomic mass is 10.1. The van der Waals surface area contributed by atoms with Crippen LogP contribution in [0, 0.1) is 10.2 Å². The SMILES string of the molecule is [O-][Cl+3]([O-])([O-])[O-].c1ccc(-c2cc[s+]c(-c3ccccc3)c2)cc1. The molecule has 0 N–H and O–H groups in total. The largest absolute Gasteiger partial charge is 0.238 e. The summed E-state index contributed by atoms with van der Waals surface area (Å²) in [6.45, 7) is 0. The molecule has 2 aromatic carbocycles. The lowest BCUT2D eigenvalue weighted by Gasteiger charge is -2.17. The molecular formula is C17H13ClO4S. The lowest BCUT2D eigenvalue weighted by molar-refractivity contribution is -2.00. The van der Waals surface area contributed by atoms with Crippen molar-refractivity contribution in [1.82, 2.24) is 0 Å². The van der Waals surface area contributed by atoms with E-state index in [1.807, 2.05) is 6.07 Å². The lowest BCUT2D eigenvalue weighted by Crippen LogP contribution is -2.68. The van der Waals surface area contributed by atoms with Crippen molar-refractivity contribution in [2.24, 2.45) is 0 Å². The van der Waals surface area contributed by atoms with Gasteiger partial charge in [-0.15, -0.1) is 10.2 Å². The predicted octanol–water partition coefficient (Wildman–Crippen LogP) is 0.607. The van der Waals surface area contributed by atoms with Gasteiger partial charge in [-0.3, -0.25) is 0 Å². The van der Waals surface area contributed by atoms with Gasteiger partial charge in [-0.25, -0.2) is 18.6 Å². The number of rotatable bonds is 2. The monoisotopic (exact) mass is 348 g/mol. The van der Waals surface area contributed by atoms with Crippen LogP contribution in [0.15, 0.2) is 78.2 Å². The first-order valence-corrected chi connectivity index (χ1v) is 8.69. The van der Waals surface area contributed by atoms with Crippen LogP contribution in [0.5, 0.6) is 0 Å². The minimum atomic E-state index is -4.94. The van der Waals surface area contributed by atoms with Crippen LogP contribution in [0.2, 0.25) is 0 Å². The van der Waals surface area contributed by atoms with Crippen molar-refractivity contribution >= 4 is 11.3 Å². The van der Waals surface area contributed by atoms with Crippen molar-refractivity contribution in [3.05, 3.63) is 78.2 Å². The molecule has 0 fully saturated rings. The zero-order valence-electron chi connectivity index (χ0n) is 11.9. The van der Waals surface area contributed by atoms with Crippen LogP contribution in [0.25, 0.3) is 21.6 Å². The van der Waals surface area contributed by atoms with E-state index in [9.17, 15) is 0 Å². The number of hydrogen-bond acceptors (Lipinski definition) is 4. The zero-order chi connectivity index (χ0) is 16.7. The van der Waals surface area contributed by atoms with Crippen LogP contribution in [0.4, 0.5) is 0 Å². The fourth-order valence-electron chi connectivity index (χ4n) is 1.97. The minimum Gasteiger partial charge on any atom is -0.222 e. The summed E-state index contributed by atoms with van der Waals surface area (Å²) in [6, 6.07) is 25.4. The third kappa shape index (κ3) is 6.42. The molecule has 4 nitrogen and oxygen atoms in total. The van der Waals surface area contributed by atoms with Crippen molar-refractivity contribution in [3.63, 3.8) is 0 Å². The van der Waals surface area contributed by atoms with Crippen LogP contribution < -0.4 is 18.6 Å². The molecule has 0 saturated carbocycles. The Bertz CT molecular complexity index is 670.